The van der Waals surface area contributed by atoms with Crippen LogP contribution in [0.2, 0.25) is 5.02 Å². The number of carbonyl (C=O) groups excluding carboxylic acids is 1. The molecular formula is C21H18ClN3O5S. The van der Waals surface area contributed by atoms with Crippen molar-refractivity contribution in [1.82, 2.24) is 0 Å². The summed E-state index contributed by atoms with van der Waals surface area (Å²) in [6, 6.07) is 16.5. The SMILES string of the molecule is Cc1c(Cl)cccc1NS(=O)(=O)c1ccc(NC(=O)Cc2ccccc2[N+](=O)[O-])cc1. The van der Waals surface area contributed by atoms with Gasteiger partial charge in [-0.15, -0.1) is 0 Å². The molecule has 0 aliphatic carbocycles. The van der Waals surface area contributed by atoms with Gasteiger partial charge in [-0.1, -0.05) is 35.9 Å². The van der Waals surface area contributed by atoms with E-state index in [2.05, 4.69) is 10.0 Å². The third-order valence-corrected chi connectivity index (χ3v) is 6.29. The highest BCUT2D eigenvalue weighted by atomic mass is 35.5. The van der Waals surface area contributed by atoms with E-state index in [4.69, 9.17) is 11.6 Å². The number of nitrogens with zero attached hydrogens (tertiary/aromatic N) is 1. The fourth-order valence-corrected chi connectivity index (χ4v) is 4.15. The maximum atomic E-state index is 12.6. The predicted molar refractivity (Wildman–Crippen MR) is 119 cm³/mol. The van der Waals surface area contributed by atoms with E-state index in [0.717, 1.165) is 0 Å². The van der Waals surface area contributed by atoms with Crippen molar-refractivity contribution in [2.45, 2.75) is 18.2 Å². The smallest absolute Gasteiger partial charge is 0.273 e. The Bertz CT molecular complexity index is 1240. The number of nitro groups is 1. The van der Waals surface area contributed by atoms with Gasteiger partial charge in [0.05, 0.1) is 21.9 Å². The summed E-state index contributed by atoms with van der Waals surface area (Å²) in [6.07, 6.45) is -0.188. The zero-order valence-electron chi connectivity index (χ0n) is 16.3. The molecule has 0 aliphatic heterocycles. The van der Waals surface area contributed by atoms with Crippen LogP contribution < -0.4 is 10.0 Å². The highest BCUT2D eigenvalue weighted by Crippen LogP contribution is 2.26. The van der Waals surface area contributed by atoms with Crippen LogP contribution in [0.3, 0.4) is 0 Å². The number of amides is 1. The number of carbonyl (C=O) groups is 1. The van der Waals surface area contributed by atoms with Crippen LogP contribution in [0.1, 0.15) is 11.1 Å². The Balaban J connectivity index is 1.70. The van der Waals surface area contributed by atoms with Gasteiger partial charge < -0.3 is 5.32 Å². The van der Waals surface area contributed by atoms with Crippen molar-refractivity contribution in [3.63, 3.8) is 0 Å². The number of nitrogens with one attached hydrogen (secondary N) is 2. The molecule has 3 aromatic carbocycles. The summed E-state index contributed by atoms with van der Waals surface area (Å²) >= 11 is 6.03. The number of nitro benzene ring substituents is 1. The molecule has 0 saturated heterocycles. The molecule has 0 unspecified atom stereocenters. The van der Waals surface area contributed by atoms with Gasteiger partial charge in [0.2, 0.25) is 5.91 Å². The van der Waals surface area contributed by atoms with E-state index in [1.165, 1.54) is 42.5 Å². The lowest BCUT2D eigenvalue weighted by Crippen LogP contribution is -2.16. The van der Waals surface area contributed by atoms with Gasteiger partial charge in [0, 0.05) is 22.3 Å². The molecule has 0 heterocycles. The molecule has 8 nitrogen and oxygen atoms in total. The number of anilines is 2. The Morgan fingerprint density at radius 3 is 2.39 bits per heavy atom. The molecule has 3 rings (SSSR count). The zero-order chi connectivity index (χ0) is 22.6. The molecule has 3 aromatic rings. The van der Waals surface area contributed by atoms with Gasteiger partial charge in [0.1, 0.15) is 0 Å². The van der Waals surface area contributed by atoms with Crippen LogP contribution in [0.5, 0.6) is 0 Å². The molecule has 0 bridgehead atoms. The standard InChI is InChI=1S/C21H18ClN3O5S/c1-14-18(22)6-4-7-19(14)24-31(29,30)17-11-9-16(10-12-17)23-21(26)13-15-5-2-3-8-20(15)25(27)28/h2-12,24H,13H2,1H3,(H,23,26). The van der Waals surface area contributed by atoms with Crippen molar-refractivity contribution in [2.24, 2.45) is 0 Å². The van der Waals surface area contributed by atoms with E-state index in [-0.39, 0.29) is 22.6 Å². The van der Waals surface area contributed by atoms with Gasteiger partial charge in [-0.2, -0.15) is 0 Å². The molecule has 0 atom stereocenters. The normalized spacial score (nSPS) is 11.0. The van der Waals surface area contributed by atoms with Crippen LogP contribution in [0.25, 0.3) is 0 Å². The monoisotopic (exact) mass is 459 g/mol. The molecule has 10 heteroatoms. The topological polar surface area (TPSA) is 118 Å². The van der Waals surface area contributed by atoms with Crippen molar-refractivity contribution in [3.05, 3.63) is 93.0 Å². The van der Waals surface area contributed by atoms with Gasteiger partial charge in [-0.25, -0.2) is 8.42 Å². The number of halogens is 1. The Kier molecular flexibility index (Phi) is 6.57. The van der Waals surface area contributed by atoms with E-state index in [0.29, 0.717) is 22.0 Å². The van der Waals surface area contributed by atoms with Crippen LogP contribution in [-0.2, 0) is 21.2 Å². The molecule has 2 N–H and O–H groups in total. The summed E-state index contributed by atoms with van der Waals surface area (Å²) in [5, 5.41) is 14.1. The summed E-state index contributed by atoms with van der Waals surface area (Å²) in [5.41, 5.74) is 1.48. The minimum atomic E-state index is -3.86. The van der Waals surface area contributed by atoms with E-state index >= 15 is 0 Å². The molecule has 0 spiro atoms. The molecule has 0 radical (unpaired) electrons. The molecule has 31 heavy (non-hydrogen) atoms. The Morgan fingerprint density at radius 2 is 1.71 bits per heavy atom. The summed E-state index contributed by atoms with van der Waals surface area (Å²) in [4.78, 5) is 22.8. The third kappa shape index (κ3) is 5.39. The van der Waals surface area contributed by atoms with Crippen molar-refractivity contribution >= 4 is 44.6 Å². The first kappa shape index (κ1) is 22.3. The van der Waals surface area contributed by atoms with Crippen LogP contribution >= 0.6 is 11.6 Å². The van der Waals surface area contributed by atoms with E-state index in [1.54, 1.807) is 31.2 Å². The summed E-state index contributed by atoms with van der Waals surface area (Å²) in [6.45, 7) is 1.70. The van der Waals surface area contributed by atoms with Gasteiger partial charge in [-0.05, 0) is 48.9 Å². The number of benzene rings is 3. The van der Waals surface area contributed by atoms with Crippen LogP contribution in [0.15, 0.2) is 71.6 Å². The number of rotatable bonds is 7. The largest absolute Gasteiger partial charge is 0.326 e. The molecule has 160 valence electrons. The minimum absolute atomic E-state index is 0.00331. The lowest BCUT2D eigenvalue weighted by molar-refractivity contribution is -0.385. The van der Waals surface area contributed by atoms with E-state index in [9.17, 15) is 23.3 Å². The minimum Gasteiger partial charge on any atom is -0.326 e. The first-order valence-electron chi connectivity index (χ1n) is 9.07. The third-order valence-electron chi connectivity index (χ3n) is 4.50. The van der Waals surface area contributed by atoms with Crippen LogP contribution in [0.4, 0.5) is 17.1 Å². The van der Waals surface area contributed by atoms with Crippen LogP contribution in [0, 0.1) is 17.0 Å². The number of hydrogen-bond donors (Lipinski definition) is 2. The first-order valence-corrected chi connectivity index (χ1v) is 10.9. The van der Waals surface area contributed by atoms with Gasteiger partial charge in [0.25, 0.3) is 15.7 Å². The Labute approximate surface area is 184 Å². The van der Waals surface area contributed by atoms with Crippen molar-refractivity contribution in [1.29, 1.82) is 0 Å². The molecule has 0 aromatic heterocycles. The maximum absolute atomic E-state index is 12.6. The van der Waals surface area contributed by atoms with Gasteiger partial charge in [0.15, 0.2) is 0 Å². The summed E-state index contributed by atoms with van der Waals surface area (Å²) in [5.74, 6) is -0.461. The second kappa shape index (κ2) is 9.15. The number of sulfonamides is 1. The summed E-state index contributed by atoms with van der Waals surface area (Å²) in [7, 11) is -3.86. The molecule has 1 amide bonds. The molecular weight excluding hydrogens is 442 g/mol. The van der Waals surface area contributed by atoms with Gasteiger partial charge in [-0.3, -0.25) is 19.6 Å². The van der Waals surface area contributed by atoms with E-state index in [1.807, 2.05) is 0 Å². The number of hydrogen-bond acceptors (Lipinski definition) is 5. The fourth-order valence-electron chi connectivity index (χ4n) is 2.86. The second-order valence-electron chi connectivity index (χ2n) is 6.65. The highest BCUT2D eigenvalue weighted by Gasteiger charge is 2.18. The Hall–Kier alpha value is -3.43. The summed E-state index contributed by atoms with van der Waals surface area (Å²) < 4.78 is 27.8. The lowest BCUT2D eigenvalue weighted by atomic mass is 10.1. The maximum Gasteiger partial charge on any atom is 0.273 e. The number of para-hydroxylation sites is 1. The van der Waals surface area contributed by atoms with Crippen LogP contribution in [-0.4, -0.2) is 19.2 Å². The average Bonchev–Trinajstić information content (AvgIpc) is 2.72. The quantitative estimate of drug-likeness (QED) is 0.397. The van der Waals surface area contributed by atoms with Crippen molar-refractivity contribution in [2.75, 3.05) is 10.0 Å². The lowest BCUT2D eigenvalue weighted by Gasteiger charge is -2.12. The Morgan fingerprint density at radius 1 is 1.03 bits per heavy atom. The average molecular weight is 460 g/mol. The molecule has 0 saturated carbocycles. The zero-order valence-corrected chi connectivity index (χ0v) is 17.9. The van der Waals surface area contributed by atoms with Crippen molar-refractivity contribution in [3.8, 4) is 0 Å². The van der Waals surface area contributed by atoms with Gasteiger partial charge >= 0.3 is 0 Å². The van der Waals surface area contributed by atoms with Crippen molar-refractivity contribution < 1.29 is 18.1 Å². The molecule has 0 aliphatic rings. The highest BCUT2D eigenvalue weighted by molar-refractivity contribution is 7.92. The fraction of sp³-hybridized carbons (Fsp3) is 0.0952. The first-order chi connectivity index (χ1) is 14.7. The second-order valence-corrected chi connectivity index (χ2v) is 8.74. The van der Waals surface area contributed by atoms with E-state index < -0.39 is 20.9 Å². The predicted octanol–water partition coefficient (Wildman–Crippen LogP) is 4.54. The molecule has 0 fully saturated rings.